The summed E-state index contributed by atoms with van der Waals surface area (Å²) in [5, 5.41) is 2.84. The fraction of sp³-hybridized carbons (Fsp3) is 0.250. The Morgan fingerprint density at radius 3 is 2.30 bits per heavy atom. The van der Waals surface area contributed by atoms with E-state index in [4.69, 9.17) is 0 Å². The average Bonchev–Trinajstić information content (AvgIpc) is 2.63. The van der Waals surface area contributed by atoms with Crippen molar-refractivity contribution in [3.05, 3.63) is 63.2 Å². The minimum absolute atomic E-state index is 0.237. The van der Waals surface area contributed by atoms with E-state index in [1.807, 2.05) is 39.0 Å². The van der Waals surface area contributed by atoms with Crippen LogP contribution in [0.15, 0.2) is 53.4 Å². The number of nitrogens with zero attached hydrogens (tertiary/aromatic N) is 1. The van der Waals surface area contributed by atoms with Gasteiger partial charge < -0.3 is 5.32 Å². The van der Waals surface area contributed by atoms with E-state index in [1.54, 1.807) is 30.3 Å². The van der Waals surface area contributed by atoms with Gasteiger partial charge in [-0.2, -0.15) is 4.31 Å². The zero-order valence-corrected chi connectivity index (χ0v) is 18.5. The highest BCUT2D eigenvalue weighted by Gasteiger charge is 2.20. The highest BCUT2D eigenvalue weighted by Crippen LogP contribution is 2.19. The van der Waals surface area contributed by atoms with Crippen molar-refractivity contribution < 1.29 is 13.2 Å². The molecular weight excluding hydrogens is 475 g/mol. The molecule has 0 aliphatic heterocycles. The number of carbonyl (C=O) groups excluding carboxylic acids is 1. The largest absolute Gasteiger partial charge is 0.322 e. The number of anilines is 1. The standard InChI is InChI=1S/C20H23IN2O3S/c1-4-23(5-2)27(25,26)18-10-6-16(7-11-18)8-13-20(24)22-19-12-9-17(21)14-15(19)3/h6-14H,4-5H2,1-3H3,(H,22,24). The molecule has 0 saturated carbocycles. The van der Waals surface area contributed by atoms with Gasteiger partial charge in [0.25, 0.3) is 0 Å². The lowest BCUT2D eigenvalue weighted by molar-refractivity contribution is -0.111. The first-order chi connectivity index (χ1) is 12.8. The van der Waals surface area contributed by atoms with Gasteiger partial charge in [-0.1, -0.05) is 26.0 Å². The van der Waals surface area contributed by atoms with Crippen molar-refractivity contribution in [1.82, 2.24) is 4.31 Å². The van der Waals surface area contributed by atoms with Crippen LogP contribution in [0.4, 0.5) is 5.69 Å². The molecule has 27 heavy (non-hydrogen) atoms. The number of carbonyl (C=O) groups is 1. The lowest BCUT2D eigenvalue weighted by atomic mass is 10.2. The number of benzene rings is 2. The minimum atomic E-state index is -3.47. The SMILES string of the molecule is CCN(CC)S(=O)(=O)c1ccc(C=CC(=O)Nc2ccc(I)cc2C)cc1. The van der Waals surface area contributed by atoms with Crippen LogP contribution in [0, 0.1) is 10.5 Å². The molecule has 0 fully saturated rings. The minimum Gasteiger partial charge on any atom is -0.322 e. The predicted molar refractivity (Wildman–Crippen MR) is 118 cm³/mol. The van der Waals surface area contributed by atoms with Crippen LogP contribution in [0.5, 0.6) is 0 Å². The van der Waals surface area contributed by atoms with Crippen molar-refractivity contribution in [1.29, 1.82) is 0 Å². The molecule has 0 bridgehead atoms. The summed E-state index contributed by atoms with van der Waals surface area (Å²) in [4.78, 5) is 12.4. The Bertz CT molecular complexity index is 934. The fourth-order valence-electron chi connectivity index (χ4n) is 2.58. The summed E-state index contributed by atoms with van der Waals surface area (Å²) >= 11 is 2.22. The molecule has 0 radical (unpaired) electrons. The van der Waals surface area contributed by atoms with Gasteiger partial charge in [0.15, 0.2) is 0 Å². The first kappa shape index (κ1) is 21.6. The molecule has 1 amide bonds. The number of rotatable bonds is 7. The molecule has 0 saturated heterocycles. The van der Waals surface area contributed by atoms with E-state index < -0.39 is 10.0 Å². The molecule has 1 N–H and O–H groups in total. The third-order valence-electron chi connectivity index (χ3n) is 4.10. The molecule has 0 heterocycles. The molecule has 0 spiro atoms. The Hall–Kier alpha value is -1.71. The number of amides is 1. The highest BCUT2D eigenvalue weighted by atomic mass is 127. The van der Waals surface area contributed by atoms with Crippen LogP contribution in [0.25, 0.3) is 6.08 Å². The molecule has 7 heteroatoms. The average molecular weight is 498 g/mol. The van der Waals surface area contributed by atoms with Crippen LogP contribution in [-0.4, -0.2) is 31.7 Å². The Balaban J connectivity index is 2.08. The number of aryl methyl sites for hydroxylation is 1. The van der Waals surface area contributed by atoms with Crippen molar-refractivity contribution in [2.24, 2.45) is 0 Å². The van der Waals surface area contributed by atoms with Crippen LogP contribution < -0.4 is 5.32 Å². The topological polar surface area (TPSA) is 66.5 Å². The van der Waals surface area contributed by atoms with Crippen molar-refractivity contribution >= 4 is 50.3 Å². The lowest BCUT2D eigenvalue weighted by Crippen LogP contribution is -2.30. The van der Waals surface area contributed by atoms with Crippen molar-refractivity contribution in [3.63, 3.8) is 0 Å². The summed E-state index contributed by atoms with van der Waals surface area (Å²) in [6.07, 6.45) is 3.09. The smallest absolute Gasteiger partial charge is 0.248 e. The van der Waals surface area contributed by atoms with Crippen molar-refractivity contribution in [2.75, 3.05) is 18.4 Å². The monoisotopic (exact) mass is 498 g/mol. The Kier molecular flexibility index (Phi) is 7.58. The van der Waals surface area contributed by atoms with Gasteiger partial charge in [0.1, 0.15) is 0 Å². The maximum Gasteiger partial charge on any atom is 0.248 e. The highest BCUT2D eigenvalue weighted by molar-refractivity contribution is 14.1. The van der Waals surface area contributed by atoms with E-state index in [9.17, 15) is 13.2 Å². The quantitative estimate of drug-likeness (QED) is 0.458. The molecule has 0 aliphatic carbocycles. The van der Waals surface area contributed by atoms with Crippen LogP contribution >= 0.6 is 22.6 Å². The Morgan fingerprint density at radius 1 is 1.11 bits per heavy atom. The van der Waals surface area contributed by atoms with E-state index in [1.165, 1.54) is 10.4 Å². The molecule has 0 atom stereocenters. The molecule has 2 rings (SSSR count). The summed E-state index contributed by atoms with van der Waals surface area (Å²) in [7, 11) is -3.47. The molecule has 0 unspecified atom stereocenters. The van der Waals surface area contributed by atoms with Gasteiger partial charge in [0, 0.05) is 28.4 Å². The van der Waals surface area contributed by atoms with Crippen molar-refractivity contribution in [3.8, 4) is 0 Å². The first-order valence-electron chi connectivity index (χ1n) is 8.63. The fourth-order valence-corrected chi connectivity index (χ4v) is 4.68. The Morgan fingerprint density at radius 2 is 1.74 bits per heavy atom. The van der Waals surface area contributed by atoms with Gasteiger partial charge in [0.05, 0.1) is 4.90 Å². The van der Waals surface area contributed by atoms with E-state index >= 15 is 0 Å². The first-order valence-corrected chi connectivity index (χ1v) is 11.1. The van der Waals surface area contributed by atoms with Crippen LogP contribution in [-0.2, 0) is 14.8 Å². The van der Waals surface area contributed by atoms with Crippen molar-refractivity contribution in [2.45, 2.75) is 25.7 Å². The lowest BCUT2D eigenvalue weighted by Gasteiger charge is -2.18. The van der Waals surface area contributed by atoms with E-state index in [2.05, 4.69) is 27.9 Å². The van der Waals surface area contributed by atoms with E-state index in [0.717, 1.165) is 20.4 Å². The molecule has 2 aromatic carbocycles. The number of nitrogens with one attached hydrogen (secondary N) is 1. The molecule has 0 aromatic heterocycles. The molecule has 144 valence electrons. The van der Waals surface area contributed by atoms with Gasteiger partial charge in [-0.15, -0.1) is 0 Å². The van der Waals surface area contributed by atoms with Gasteiger partial charge in [0.2, 0.25) is 15.9 Å². The second-order valence-electron chi connectivity index (χ2n) is 5.94. The Labute approximate surface area is 174 Å². The van der Waals surface area contributed by atoms with Crippen LogP contribution in [0.1, 0.15) is 25.0 Å². The van der Waals surface area contributed by atoms with Gasteiger partial charge >= 0.3 is 0 Å². The molecule has 5 nitrogen and oxygen atoms in total. The summed E-state index contributed by atoms with van der Waals surface area (Å²) in [6, 6.07) is 12.3. The summed E-state index contributed by atoms with van der Waals surface area (Å²) in [5.74, 6) is -0.237. The maximum absolute atomic E-state index is 12.5. The second kappa shape index (κ2) is 9.48. The molecular formula is C20H23IN2O3S. The number of hydrogen-bond donors (Lipinski definition) is 1. The predicted octanol–water partition coefficient (Wildman–Crippen LogP) is 4.28. The number of sulfonamides is 1. The third kappa shape index (κ3) is 5.63. The normalized spacial score (nSPS) is 11.9. The van der Waals surface area contributed by atoms with Gasteiger partial charge in [-0.3, -0.25) is 4.79 Å². The number of halogens is 1. The number of hydrogen-bond acceptors (Lipinski definition) is 3. The van der Waals surface area contributed by atoms with E-state index in [-0.39, 0.29) is 10.8 Å². The summed E-state index contributed by atoms with van der Waals surface area (Å²) in [5.41, 5.74) is 2.52. The van der Waals surface area contributed by atoms with Crippen LogP contribution in [0.2, 0.25) is 0 Å². The zero-order chi connectivity index (χ0) is 20.0. The third-order valence-corrected chi connectivity index (χ3v) is 6.83. The van der Waals surface area contributed by atoms with Crippen LogP contribution in [0.3, 0.4) is 0 Å². The summed E-state index contributed by atoms with van der Waals surface area (Å²) in [6.45, 7) is 6.42. The molecule has 0 aliphatic rings. The maximum atomic E-state index is 12.5. The zero-order valence-electron chi connectivity index (χ0n) is 15.6. The van der Waals surface area contributed by atoms with E-state index in [0.29, 0.717) is 13.1 Å². The van der Waals surface area contributed by atoms with Gasteiger partial charge in [-0.05, 0) is 77.0 Å². The summed E-state index contributed by atoms with van der Waals surface area (Å²) < 4.78 is 27.5. The second-order valence-corrected chi connectivity index (χ2v) is 9.12. The van der Waals surface area contributed by atoms with Gasteiger partial charge in [-0.25, -0.2) is 8.42 Å². The molecule has 2 aromatic rings.